The van der Waals surface area contributed by atoms with Crippen LogP contribution in [0.5, 0.6) is 0 Å². The second-order valence-corrected chi connectivity index (χ2v) is 22.3. The monoisotopic (exact) mass is 256 g/mol. The Morgan fingerprint density at radius 2 is 2.00 bits per heavy atom. The van der Waals surface area contributed by atoms with Crippen LogP contribution in [0, 0.1) is 0 Å². The van der Waals surface area contributed by atoms with E-state index < -0.39 is 25.4 Å². The first-order valence-corrected chi connectivity index (χ1v) is 15.2. The van der Waals surface area contributed by atoms with Gasteiger partial charge in [-0.3, -0.25) is 0 Å². The summed E-state index contributed by atoms with van der Waals surface area (Å²) in [5.41, 5.74) is 0. The topological polar surface area (TPSA) is 34.1 Å². The van der Waals surface area contributed by atoms with Crippen LogP contribution in [0.25, 0.3) is 0 Å². The summed E-state index contributed by atoms with van der Waals surface area (Å²) in [6, 6.07) is 0. The van der Waals surface area contributed by atoms with Crippen molar-refractivity contribution in [2.45, 2.75) is 9.88 Å². The van der Waals surface area contributed by atoms with E-state index in [0.29, 0.717) is 0 Å². The van der Waals surface area contributed by atoms with Crippen LogP contribution >= 0.6 is 0 Å². The number of hydrogen-bond acceptors (Lipinski definition) is 2. The predicted octanol–water partition coefficient (Wildman–Crippen LogP) is 0.571. The molecule has 0 N–H and O–H groups in total. The van der Waals surface area contributed by atoms with Crippen LogP contribution in [-0.2, 0) is 7.02 Å². The summed E-state index contributed by atoms with van der Waals surface area (Å²) in [7, 11) is -2.66. The molecule has 0 aliphatic heterocycles. The molecule has 54 valence electrons. The summed E-state index contributed by atoms with van der Waals surface area (Å²) < 4.78 is 21.9. The van der Waals surface area contributed by atoms with Crippen LogP contribution in [-0.4, -0.2) is 32.5 Å². The molecule has 0 unspecified atom stereocenters. The molecule has 0 saturated heterocycles. The minimum absolute atomic E-state index is 0.181. The summed E-state index contributed by atoms with van der Waals surface area (Å²) in [4.78, 5) is 3.75. The molecule has 0 aliphatic rings. The molecule has 0 aromatic carbocycles. The summed E-state index contributed by atoms with van der Waals surface area (Å²) >= 11 is -2.12. The molecule has 0 spiro atoms. The van der Waals surface area contributed by atoms with E-state index in [1.165, 1.54) is 6.08 Å². The van der Waals surface area contributed by atoms with Gasteiger partial charge in [-0.1, -0.05) is 0 Å². The molecule has 0 amide bonds. The molecular formula is C5H12O2SSn. The van der Waals surface area contributed by atoms with Gasteiger partial charge in [0.1, 0.15) is 0 Å². The summed E-state index contributed by atoms with van der Waals surface area (Å²) in [5.74, 6) is 0.181. The van der Waals surface area contributed by atoms with E-state index in [-0.39, 0.29) is 5.75 Å². The van der Waals surface area contributed by atoms with Crippen molar-refractivity contribution in [3.05, 3.63) is 12.7 Å². The van der Waals surface area contributed by atoms with Crippen molar-refractivity contribution in [2.75, 3.05) is 5.75 Å². The molecule has 4 heteroatoms. The standard InChI is InChI=1S/C3H5O2S.2CH3.Sn.H/c1-2-3-6(4)5;;;;/h2H,1,3H2;2*1H3;;. The van der Waals surface area contributed by atoms with Gasteiger partial charge >= 0.3 is 62.1 Å². The zero-order chi connectivity index (χ0) is 7.49. The zero-order valence-corrected chi connectivity index (χ0v) is 9.91. The fourth-order valence-corrected chi connectivity index (χ4v) is 5.53. The first kappa shape index (κ1) is 9.49. The quantitative estimate of drug-likeness (QED) is 0.545. The molecule has 0 fully saturated rings. The molecule has 0 radical (unpaired) electrons. The molecule has 9 heavy (non-hydrogen) atoms. The number of rotatable bonds is 3. The molecule has 0 saturated carbocycles. The molecule has 0 bridgehead atoms. The van der Waals surface area contributed by atoms with Gasteiger partial charge in [0.05, 0.1) is 0 Å². The predicted molar refractivity (Wildman–Crippen MR) is 42.9 cm³/mol. The molecule has 0 rings (SSSR count). The van der Waals surface area contributed by atoms with Crippen molar-refractivity contribution in [2.24, 2.45) is 0 Å². The Hall–Kier alpha value is 0.489. The Kier molecular flexibility index (Phi) is 3.80. The van der Waals surface area contributed by atoms with Gasteiger partial charge in [-0.15, -0.1) is 0 Å². The molecule has 0 aromatic rings. The molecule has 0 aromatic heterocycles. The molecule has 2 nitrogen and oxygen atoms in total. The Morgan fingerprint density at radius 1 is 1.56 bits per heavy atom. The van der Waals surface area contributed by atoms with Crippen LogP contribution in [0.15, 0.2) is 12.7 Å². The first-order chi connectivity index (χ1) is 4.00. The second kappa shape index (κ2) is 3.61. The van der Waals surface area contributed by atoms with Gasteiger partial charge in [-0.25, -0.2) is 0 Å². The van der Waals surface area contributed by atoms with Gasteiger partial charge < -0.3 is 0 Å². The van der Waals surface area contributed by atoms with E-state index in [2.05, 4.69) is 6.58 Å². The maximum atomic E-state index is 11.0. The fourth-order valence-electron chi connectivity index (χ4n) is 0.357. The van der Waals surface area contributed by atoms with E-state index in [1.54, 1.807) is 0 Å². The van der Waals surface area contributed by atoms with Crippen LogP contribution in [0.3, 0.4) is 0 Å². The van der Waals surface area contributed by atoms with Crippen molar-refractivity contribution >= 4 is 25.4 Å². The van der Waals surface area contributed by atoms with E-state index in [4.69, 9.17) is 0 Å². The van der Waals surface area contributed by atoms with Crippen LogP contribution in [0.2, 0.25) is 9.88 Å². The van der Waals surface area contributed by atoms with E-state index in [1.807, 2.05) is 9.88 Å². The van der Waals surface area contributed by atoms with E-state index in [0.717, 1.165) is 0 Å². The third kappa shape index (κ3) is 3.25. The molecule has 0 heterocycles. The fraction of sp³-hybridized carbons (Fsp3) is 0.600. The Morgan fingerprint density at radius 3 is 2.11 bits per heavy atom. The van der Waals surface area contributed by atoms with Gasteiger partial charge in [0, 0.05) is 0 Å². The van der Waals surface area contributed by atoms with Crippen LogP contribution in [0.1, 0.15) is 0 Å². The Bertz CT molecular complexity index is 181. The average molecular weight is 255 g/mol. The van der Waals surface area contributed by atoms with Crippen molar-refractivity contribution in [1.82, 2.24) is 0 Å². The number of hydrogen-bond donors (Lipinski definition) is 0. The van der Waals surface area contributed by atoms with E-state index in [9.17, 15) is 8.42 Å². The summed E-state index contributed by atoms with van der Waals surface area (Å²) in [5, 5.41) is 0. The first-order valence-electron chi connectivity index (χ1n) is 2.83. The minimum atomic E-state index is -2.66. The van der Waals surface area contributed by atoms with Crippen LogP contribution < -0.4 is 0 Å². The van der Waals surface area contributed by atoms with Crippen molar-refractivity contribution in [1.29, 1.82) is 0 Å². The third-order valence-corrected chi connectivity index (χ3v) is 17.2. The summed E-state index contributed by atoms with van der Waals surface area (Å²) in [6.45, 7) is 3.38. The molecule has 0 aliphatic carbocycles. The van der Waals surface area contributed by atoms with Gasteiger partial charge in [0.15, 0.2) is 0 Å². The van der Waals surface area contributed by atoms with Gasteiger partial charge in [0.25, 0.3) is 0 Å². The van der Waals surface area contributed by atoms with Crippen molar-refractivity contribution in [3.8, 4) is 0 Å². The van der Waals surface area contributed by atoms with E-state index >= 15 is 0 Å². The zero-order valence-electron chi connectivity index (χ0n) is 5.79. The van der Waals surface area contributed by atoms with Gasteiger partial charge in [0.2, 0.25) is 0 Å². The second-order valence-electron chi connectivity index (χ2n) is 2.17. The molecule has 0 atom stereocenters. The Balaban J connectivity index is 4.22. The Labute approximate surface area is 62.1 Å². The normalized spacial score (nSPS) is 11.9. The van der Waals surface area contributed by atoms with Crippen molar-refractivity contribution < 1.29 is 8.42 Å². The van der Waals surface area contributed by atoms with Gasteiger partial charge in [-0.2, -0.15) is 0 Å². The average Bonchev–Trinajstić information content (AvgIpc) is 1.65. The summed E-state index contributed by atoms with van der Waals surface area (Å²) in [6.07, 6.45) is 1.46. The van der Waals surface area contributed by atoms with Gasteiger partial charge in [-0.05, 0) is 0 Å². The van der Waals surface area contributed by atoms with Crippen LogP contribution in [0.4, 0.5) is 0 Å². The molecular weight excluding hydrogens is 243 g/mol. The third-order valence-electron chi connectivity index (χ3n) is 1.07. The SMILES string of the molecule is C=CC[S](=O)(=O)[SnH]([CH3])[CH3]. The van der Waals surface area contributed by atoms with Crippen molar-refractivity contribution in [3.63, 3.8) is 0 Å². The maximum absolute atomic E-state index is 11.0.